The van der Waals surface area contributed by atoms with Gasteiger partial charge in [-0.25, -0.2) is 4.68 Å². The highest BCUT2D eigenvalue weighted by Gasteiger charge is 2.28. The van der Waals surface area contributed by atoms with Crippen molar-refractivity contribution in [3.63, 3.8) is 0 Å². The third kappa shape index (κ3) is 4.77. The maximum absolute atomic E-state index is 13.0. The molecule has 1 aliphatic rings. The van der Waals surface area contributed by atoms with Gasteiger partial charge in [-0.3, -0.25) is 14.9 Å². The first-order valence-electron chi connectivity index (χ1n) is 12.0. The molecule has 0 spiro atoms. The number of nitro groups is 1. The van der Waals surface area contributed by atoms with E-state index in [9.17, 15) is 20.0 Å². The van der Waals surface area contributed by atoms with E-state index in [2.05, 4.69) is 48.3 Å². The number of anilines is 2. The van der Waals surface area contributed by atoms with Gasteiger partial charge < -0.3 is 15.3 Å². The van der Waals surface area contributed by atoms with E-state index in [0.717, 1.165) is 29.9 Å². The molecule has 0 bridgehead atoms. The molecule has 3 aromatic heterocycles. The highest BCUT2D eigenvalue weighted by Crippen LogP contribution is 2.31. The van der Waals surface area contributed by atoms with Gasteiger partial charge in [0.15, 0.2) is 5.65 Å². The lowest BCUT2D eigenvalue weighted by Gasteiger charge is -2.23. The number of nitrogens with one attached hydrogen (secondary N) is 1. The SMILES string of the molecule is CC(C)(C)c1ccc(-n2ncc3c(NC(=O)c4ccc([N+](=O)[O-])s4)nc(N4CCC[C@H]4CO)nc32)cc1. The molecule has 5 rings (SSSR count). The largest absolute Gasteiger partial charge is 0.394 e. The first-order valence-corrected chi connectivity index (χ1v) is 12.8. The summed E-state index contributed by atoms with van der Waals surface area (Å²) in [5.74, 6) is 0.123. The van der Waals surface area contributed by atoms with E-state index < -0.39 is 10.8 Å². The van der Waals surface area contributed by atoms with Crippen molar-refractivity contribution in [3.8, 4) is 5.69 Å². The van der Waals surface area contributed by atoms with E-state index in [1.807, 2.05) is 17.0 Å². The lowest BCUT2D eigenvalue weighted by Crippen LogP contribution is -2.33. The summed E-state index contributed by atoms with van der Waals surface area (Å²) in [5.41, 5.74) is 2.50. The smallest absolute Gasteiger partial charge is 0.324 e. The second-order valence-electron chi connectivity index (χ2n) is 9.98. The Kier molecular flexibility index (Phi) is 6.38. The molecule has 192 valence electrons. The van der Waals surface area contributed by atoms with Gasteiger partial charge in [0.25, 0.3) is 5.91 Å². The van der Waals surface area contributed by atoms with Gasteiger partial charge in [0.2, 0.25) is 5.95 Å². The van der Waals surface area contributed by atoms with Crippen molar-refractivity contribution >= 4 is 45.0 Å². The second kappa shape index (κ2) is 9.52. The fraction of sp³-hybridized carbons (Fsp3) is 0.360. The Bertz CT molecular complexity index is 1470. The minimum atomic E-state index is -0.528. The Morgan fingerprint density at radius 1 is 1.22 bits per heavy atom. The summed E-state index contributed by atoms with van der Waals surface area (Å²) in [5, 5.41) is 28.7. The Hall–Kier alpha value is -3.90. The van der Waals surface area contributed by atoms with Crippen LogP contribution in [0.4, 0.5) is 16.8 Å². The standard InChI is InChI=1S/C25H27N7O4S/c1-25(2,3)15-6-8-16(9-7-15)31-22-18(13-26-31)21(27-23(34)19-10-11-20(37-19)32(35)36)28-24(29-22)30-12-4-5-17(30)14-33/h6-11,13,17,33H,4-5,12,14H2,1-3H3,(H,27,28,29,34)/t17-/m0/s1. The van der Waals surface area contributed by atoms with Crippen LogP contribution in [0.3, 0.4) is 0 Å². The van der Waals surface area contributed by atoms with E-state index in [0.29, 0.717) is 23.5 Å². The van der Waals surface area contributed by atoms with Gasteiger partial charge in [0.05, 0.1) is 39.7 Å². The van der Waals surface area contributed by atoms with Crippen LogP contribution < -0.4 is 10.2 Å². The minimum Gasteiger partial charge on any atom is -0.394 e. The van der Waals surface area contributed by atoms with E-state index >= 15 is 0 Å². The molecule has 4 heterocycles. The topological polar surface area (TPSA) is 139 Å². The van der Waals surface area contributed by atoms with Gasteiger partial charge in [-0.2, -0.15) is 15.1 Å². The van der Waals surface area contributed by atoms with Gasteiger partial charge in [0, 0.05) is 12.6 Å². The lowest BCUT2D eigenvalue weighted by molar-refractivity contribution is -0.380. The molecule has 1 amide bonds. The van der Waals surface area contributed by atoms with Gasteiger partial charge in [0.1, 0.15) is 5.82 Å². The third-order valence-electron chi connectivity index (χ3n) is 6.47. The summed E-state index contributed by atoms with van der Waals surface area (Å²) >= 11 is 0.794. The van der Waals surface area contributed by atoms with Crippen molar-refractivity contribution < 1.29 is 14.8 Å². The summed E-state index contributed by atoms with van der Waals surface area (Å²) in [6, 6.07) is 10.7. The number of aromatic nitrogens is 4. The number of aliphatic hydroxyl groups excluding tert-OH is 1. The molecule has 0 saturated carbocycles. The van der Waals surface area contributed by atoms with Crippen LogP contribution in [0.2, 0.25) is 0 Å². The first kappa shape index (κ1) is 24.8. The van der Waals surface area contributed by atoms with Crippen molar-refractivity contribution in [2.24, 2.45) is 0 Å². The van der Waals surface area contributed by atoms with E-state index in [-0.39, 0.29) is 33.8 Å². The van der Waals surface area contributed by atoms with Gasteiger partial charge in [-0.05, 0) is 42.0 Å². The van der Waals surface area contributed by atoms with Gasteiger partial charge in [-0.1, -0.05) is 44.2 Å². The van der Waals surface area contributed by atoms with Crippen LogP contribution in [0.15, 0.2) is 42.6 Å². The molecule has 1 fully saturated rings. The number of fused-ring (bicyclic) bond motifs is 1. The summed E-state index contributed by atoms with van der Waals surface area (Å²) < 4.78 is 1.70. The number of carbonyl (C=O) groups is 1. The van der Waals surface area contributed by atoms with E-state index in [1.54, 1.807) is 10.9 Å². The maximum atomic E-state index is 13.0. The van der Waals surface area contributed by atoms with Gasteiger partial charge in [-0.15, -0.1) is 0 Å². The molecule has 1 aromatic carbocycles. The quantitative estimate of drug-likeness (QED) is 0.283. The monoisotopic (exact) mass is 521 g/mol. The number of hydrogen-bond donors (Lipinski definition) is 2. The molecule has 11 nitrogen and oxygen atoms in total. The zero-order valence-electron chi connectivity index (χ0n) is 20.7. The zero-order valence-corrected chi connectivity index (χ0v) is 21.5. The van der Waals surface area contributed by atoms with Crippen LogP contribution >= 0.6 is 11.3 Å². The average Bonchev–Trinajstić information content (AvgIpc) is 3.62. The molecular weight excluding hydrogens is 494 g/mol. The predicted molar refractivity (Wildman–Crippen MR) is 142 cm³/mol. The third-order valence-corrected chi connectivity index (χ3v) is 7.50. The second-order valence-corrected chi connectivity index (χ2v) is 11.0. The van der Waals surface area contributed by atoms with Crippen molar-refractivity contribution in [1.29, 1.82) is 0 Å². The van der Waals surface area contributed by atoms with E-state index in [1.165, 1.54) is 17.7 Å². The average molecular weight is 522 g/mol. The van der Waals surface area contributed by atoms with Crippen molar-refractivity contribution in [2.45, 2.75) is 45.1 Å². The molecule has 0 radical (unpaired) electrons. The molecule has 2 N–H and O–H groups in total. The number of aliphatic hydroxyl groups is 1. The van der Waals surface area contributed by atoms with Crippen LogP contribution in [0.1, 0.15) is 48.8 Å². The number of hydrogen-bond acceptors (Lipinski definition) is 9. The van der Waals surface area contributed by atoms with Crippen LogP contribution in [0.5, 0.6) is 0 Å². The normalized spacial score (nSPS) is 15.9. The first-order chi connectivity index (χ1) is 17.7. The summed E-state index contributed by atoms with van der Waals surface area (Å²) in [6.45, 7) is 7.09. The van der Waals surface area contributed by atoms with Crippen LogP contribution in [0, 0.1) is 10.1 Å². The molecule has 0 aliphatic carbocycles. The number of thiophene rings is 1. The fourth-order valence-corrected chi connectivity index (χ4v) is 5.13. The number of benzene rings is 1. The number of nitrogens with zero attached hydrogens (tertiary/aromatic N) is 6. The van der Waals surface area contributed by atoms with Crippen molar-refractivity contribution in [2.75, 3.05) is 23.4 Å². The van der Waals surface area contributed by atoms with Crippen molar-refractivity contribution in [1.82, 2.24) is 19.7 Å². The molecule has 4 aromatic rings. The maximum Gasteiger partial charge on any atom is 0.324 e. The Balaban J connectivity index is 1.58. The fourth-order valence-electron chi connectivity index (χ4n) is 4.42. The van der Waals surface area contributed by atoms with Gasteiger partial charge >= 0.3 is 5.00 Å². The Morgan fingerprint density at radius 3 is 2.62 bits per heavy atom. The zero-order chi connectivity index (χ0) is 26.3. The predicted octanol–water partition coefficient (Wildman–Crippen LogP) is 4.30. The van der Waals surface area contributed by atoms with Crippen LogP contribution in [-0.4, -0.2) is 54.9 Å². The van der Waals surface area contributed by atoms with Crippen LogP contribution in [0.25, 0.3) is 16.7 Å². The summed E-state index contributed by atoms with van der Waals surface area (Å²) in [6.07, 6.45) is 3.30. The molecular formula is C25H27N7O4S. The summed E-state index contributed by atoms with van der Waals surface area (Å²) in [4.78, 5) is 35.1. The molecule has 0 unspecified atom stereocenters. The molecule has 1 aliphatic heterocycles. The number of rotatable bonds is 6. The lowest BCUT2D eigenvalue weighted by atomic mass is 9.87. The highest BCUT2D eigenvalue weighted by molar-refractivity contribution is 7.17. The van der Waals surface area contributed by atoms with Crippen LogP contribution in [-0.2, 0) is 5.41 Å². The molecule has 1 atom stereocenters. The molecule has 1 saturated heterocycles. The van der Waals surface area contributed by atoms with E-state index in [4.69, 9.17) is 4.98 Å². The highest BCUT2D eigenvalue weighted by atomic mass is 32.1. The Labute approximate surface area is 216 Å². The Morgan fingerprint density at radius 2 is 1.97 bits per heavy atom. The molecule has 37 heavy (non-hydrogen) atoms. The van der Waals surface area contributed by atoms with Crippen molar-refractivity contribution in [3.05, 3.63) is 63.1 Å². The number of amides is 1. The summed E-state index contributed by atoms with van der Waals surface area (Å²) in [7, 11) is 0. The number of carbonyl (C=O) groups excluding carboxylic acids is 1. The molecule has 12 heteroatoms. The minimum absolute atomic E-state index is 0.00340.